The second-order valence-electron chi connectivity index (χ2n) is 5.91. The summed E-state index contributed by atoms with van der Waals surface area (Å²) in [6.45, 7) is 1.45. The quantitative estimate of drug-likeness (QED) is 0.494. The molecule has 0 bridgehead atoms. The van der Waals surface area contributed by atoms with Crippen LogP contribution in [0.15, 0.2) is 48.5 Å². The van der Waals surface area contributed by atoms with Gasteiger partial charge in [0.25, 0.3) is 0 Å². The molecule has 2 rings (SSSR count). The van der Waals surface area contributed by atoms with E-state index in [0.29, 0.717) is 12.1 Å². The molecule has 6 heteroatoms. The Hall–Kier alpha value is -2.20. The average Bonchev–Trinajstić information content (AvgIpc) is 2.69. The average molecular weight is 372 g/mol. The molecule has 0 aliphatic rings. The second-order valence-corrected chi connectivity index (χ2v) is 6.82. The van der Waals surface area contributed by atoms with Gasteiger partial charge >= 0.3 is 0 Å². The van der Waals surface area contributed by atoms with Gasteiger partial charge in [0.15, 0.2) is 0 Å². The van der Waals surface area contributed by atoms with Gasteiger partial charge in [0.2, 0.25) is 0 Å². The standard InChI is InChI=1S/C20H25N3O2S/c1-23(26-2)18-6-8-20(9-7-18)25-15-19(24)14-22-11-10-16-4-3-5-17(12-16)13-21/h3-9,12,19,22,24H,10-11,14-15H2,1-2H3/t19-/m0/s1. The van der Waals surface area contributed by atoms with E-state index < -0.39 is 6.10 Å². The first-order valence-electron chi connectivity index (χ1n) is 8.51. The number of hydrogen-bond donors (Lipinski definition) is 2. The van der Waals surface area contributed by atoms with Crippen molar-refractivity contribution in [1.82, 2.24) is 5.32 Å². The van der Waals surface area contributed by atoms with Gasteiger partial charge in [-0.1, -0.05) is 24.1 Å². The molecule has 0 heterocycles. The highest BCUT2D eigenvalue weighted by Gasteiger charge is 2.06. The number of benzene rings is 2. The Bertz CT molecular complexity index is 716. The Labute approximate surface area is 159 Å². The number of nitrogens with zero attached hydrogens (tertiary/aromatic N) is 2. The first-order chi connectivity index (χ1) is 12.6. The summed E-state index contributed by atoms with van der Waals surface area (Å²) in [4.78, 5) is 0. The van der Waals surface area contributed by atoms with Gasteiger partial charge in [-0.05, 0) is 54.9 Å². The number of nitrogens with one attached hydrogen (secondary N) is 1. The summed E-state index contributed by atoms with van der Waals surface area (Å²) >= 11 is 1.64. The normalized spacial score (nSPS) is 11.6. The van der Waals surface area contributed by atoms with Crippen molar-refractivity contribution in [2.45, 2.75) is 12.5 Å². The maximum absolute atomic E-state index is 10.0. The Morgan fingerprint density at radius 1 is 1.27 bits per heavy atom. The largest absolute Gasteiger partial charge is 0.491 e. The van der Waals surface area contributed by atoms with E-state index in [1.54, 1.807) is 18.0 Å². The van der Waals surface area contributed by atoms with E-state index in [0.717, 1.165) is 30.0 Å². The van der Waals surface area contributed by atoms with Gasteiger partial charge in [-0.15, -0.1) is 0 Å². The van der Waals surface area contributed by atoms with Crippen LogP contribution in [0.25, 0.3) is 0 Å². The minimum atomic E-state index is -0.575. The van der Waals surface area contributed by atoms with Gasteiger partial charge in [0.05, 0.1) is 11.6 Å². The Morgan fingerprint density at radius 2 is 2.04 bits per heavy atom. The predicted molar refractivity (Wildman–Crippen MR) is 108 cm³/mol. The molecule has 0 aliphatic carbocycles. The van der Waals surface area contributed by atoms with Crippen LogP contribution in [0.1, 0.15) is 11.1 Å². The van der Waals surface area contributed by atoms with Crippen LogP contribution in [-0.4, -0.2) is 44.2 Å². The number of aliphatic hydroxyl groups is 1. The SMILES string of the molecule is CSN(C)c1ccc(OC[C@@H](O)CNCCc2cccc(C#N)c2)cc1. The predicted octanol–water partition coefficient (Wildman–Crippen LogP) is 2.84. The van der Waals surface area contributed by atoms with Gasteiger partial charge in [-0.2, -0.15) is 5.26 Å². The van der Waals surface area contributed by atoms with E-state index in [2.05, 4.69) is 15.7 Å². The fraction of sp³-hybridized carbons (Fsp3) is 0.350. The van der Waals surface area contributed by atoms with Crippen LogP contribution < -0.4 is 14.4 Å². The van der Waals surface area contributed by atoms with Crippen molar-refractivity contribution in [3.63, 3.8) is 0 Å². The lowest BCUT2D eigenvalue weighted by molar-refractivity contribution is 0.106. The first kappa shape index (κ1) is 20.1. The molecule has 0 spiro atoms. The minimum absolute atomic E-state index is 0.245. The summed E-state index contributed by atoms with van der Waals surface area (Å²) in [6.07, 6.45) is 2.26. The minimum Gasteiger partial charge on any atom is -0.491 e. The van der Waals surface area contributed by atoms with Crippen LogP contribution >= 0.6 is 11.9 Å². The molecular weight excluding hydrogens is 346 g/mol. The lowest BCUT2D eigenvalue weighted by Crippen LogP contribution is -2.32. The Morgan fingerprint density at radius 3 is 2.73 bits per heavy atom. The molecule has 0 aromatic heterocycles. The van der Waals surface area contributed by atoms with Gasteiger partial charge in [0, 0.05) is 25.5 Å². The summed E-state index contributed by atoms with van der Waals surface area (Å²) in [5.41, 5.74) is 2.89. The van der Waals surface area contributed by atoms with Crippen LogP contribution in [0, 0.1) is 11.3 Å². The number of ether oxygens (including phenoxy) is 1. The number of hydrogen-bond acceptors (Lipinski definition) is 6. The molecule has 0 amide bonds. The van der Waals surface area contributed by atoms with Crippen molar-refractivity contribution in [2.24, 2.45) is 0 Å². The molecule has 5 nitrogen and oxygen atoms in total. The second kappa shape index (κ2) is 10.7. The van der Waals surface area contributed by atoms with E-state index >= 15 is 0 Å². The van der Waals surface area contributed by atoms with E-state index in [4.69, 9.17) is 10.00 Å². The molecule has 26 heavy (non-hydrogen) atoms. The Balaban J connectivity index is 1.65. The highest BCUT2D eigenvalue weighted by Crippen LogP contribution is 2.22. The van der Waals surface area contributed by atoms with Crippen LogP contribution in [0.5, 0.6) is 5.75 Å². The molecule has 0 saturated carbocycles. The summed E-state index contributed by atoms with van der Waals surface area (Å²) < 4.78 is 7.69. The van der Waals surface area contributed by atoms with Crippen molar-refractivity contribution < 1.29 is 9.84 Å². The molecule has 0 radical (unpaired) electrons. The van der Waals surface area contributed by atoms with Gasteiger partial charge in [-0.3, -0.25) is 0 Å². The van der Waals surface area contributed by atoms with Crippen molar-refractivity contribution in [1.29, 1.82) is 5.26 Å². The van der Waals surface area contributed by atoms with Crippen LogP contribution in [0.2, 0.25) is 0 Å². The zero-order valence-electron chi connectivity index (χ0n) is 15.2. The van der Waals surface area contributed by atoms with Gasteiger partial charge in [0.1, 0.15) is 18.5 Å². The highest BCUT2D eigenvalue weighted by atomic mass is 32.2. The third-order valence-corrected chi connectivity index (χ3v) is 4.70. The highest BCUT2D eigenvalue weighted by molar-refractivity contribution is 7.99. The van der Waals surface area contributed by atoms with Crippen molar-refractivity contribution in [3.05, 3.63) is 59.7 Å². The molecule has 0 fully saturated rings. The summed E-state index contributed by atoms with van der Waals surface area (Å²) in [5.74, 6) is 0.746. The summed E-state index contributed by atoms with van der Waals surface area (Å²) in [7, 11) is 2.01. The summed E-state index contributed by atoms with van der Waals surface area (Å²) in [6, 6.07) is 17.5. The third-order valence-electron chi connectivity index (χ3n) is 3.94. The first-order valence-corrected chi connectivity index (χ1v) is 9.69. The van der Waals surface area contributed by atoms with Crippen LogP contribution in [0.4, 0.5) is 5.69 Å². The van der Waals surface area contributed by atoms with Gasteiger partial charge < -0.3 is 19.5 Å². The topological polar surface area (TPSA) is 68.5 Å². The maximum atomic E-state index is 10.0. The molecule has 138 valence electrons. The smallest absolute Gasteiger partial charge is 0.119 e. The molecule has 0 saturated heterocycles. The number of rotatable bonds is 10. The molecule has 2 N–H and O–H groups in total. The third kappa shape index (κ3) is 6.60. The van der Waals surface area contributed by atoms with Crippen LogP contribution in [-0.2, 0) is 6.42 Å². The van der Waals surface area contributed by atoms with Crippen molar-refractivity contribution in [2.75, 3.05) is 37.3 Å². The monoisotopic (exact) mass is 371 g/mol. The summed E-state index contributed by atoms with van der Waals surface area (Å²) in [5, 5.41) is 22.1. The van der Waals surface area contributed by atoms with E-state index in [-0.39, 0.29) is 6.61 Å². The lowest BCUT2D eigenvalue weighted by atomic mass is 10.1. The number of nitriles is 1. The number of anilines is 1. The molecule has 1 atom stereocenters. The molecule has 2 aromatic carbocycles. The molecule has 2 aromatic rings. The molecule has 0 aliphatic heterocycles. The zero-order valence-corrected chi connectivity index (χ0v) is 16.0. The van der Waals surface area contributed by atoms with Crippen LogP contribution in [0.3, 0.4) is 0 Å². The fourth-order valence-corrected chi connectivity index (χ4v) is 2.74. The van der Waals surface area contributed by atoms with Crippen molar-refractivity contribution in [3.8, 4) is 11.8 Å². The molecule has 0 unspecified atom stereocenters. The molecular formula is C20H25N3O2S. The van der Waals surface area contributed by atoms with E-state index in [9.17, 15) is 5.11 Å². The van der Waals surface area contributed by atoms with E-state index in [1.165, 1.54) is 0 Å². The zero-order chi connectivity index (χ0) is 18.8. The maximum Gasteiger partial charge on any atom is 0.119 e. The lowest BCUT2D eigenvalue weighted by Gasteiger charge is -2.16. The Kier molecular flexibility index (Phi) is 8.29. The van der Waals surface area contributed by atoms with Gasteiger partial charge in [-0.25, -0.2) is 0 Å². The van der Waals surface area contributed by atoms with Crippen molar-refractivity contribution >= 4 is 17.6 Å². The fourth-order valence-electron chi connectivity index (χ4n) is 2.41. The number of aliphatic hydroxyl groups excluding tert-OH is 1. The van der Waals surface area contributed by atoms with E-state index in [1.807, 2.05) is 55.8 Å².